The molecule has 0 bridgehead atoms. The van der Waals surface area contributed by atoms with Gasteiger partial charge in [0.05, 0.1) is 23.1 Å². The van der Waals surface area contributed by atoms with Crippen LogP contribution in [0.25, 0.3) is 0 Å². The molecule has 1 aromatic carbocycles. The summed E-state index contributed by atoms with van der Waals surface area (Å²) in [6, 6.07) is 13.8. The molecule has 0 saturated carbocycles. The van der Waals surface area contributed by atoms with E-state index in [-0.39, 0.29) is 17.5 Å². The second kappa shape index (κ2) is 6.83. The molecule has 120 valence electrons. The van der Waals surface area contributed by atoms with E-state index in [4.69, 9.17) is 5.26 Å². The van der Waals surface area contributed by atoms with Gasteiger partial charge in [0.2, 0.25) is 0 Å². The number of rotatable bonds is 5. The van der Waals surface area contributed by atoms with Gasteiger partial charge in [0.1, 0.15) is 0 Å². The zero-order chi connectivity index (χ0) is 16.3. The molecule has 0 spiro atoms. The van der Waals surface area contributed by atoms with Crippen LogP contribution < -0.4 is 0 Å². The maximum atomic E-state index is 11.8. The van der Waals surface area contributed by atoms with E-state index < -0.39 is 9.84 Å². The van der Waals surface area contributed by atoms with E-state index in [1.807, 2.05) is 29.6 Å². The molecule has 1 atom stereocenters. The van der Waals surface area contributed by atoms with Gasteiger partial charge in [-0.25, -0.2) is 8.42 Å². The molecule has 1 saturated heterocycles. The van der Waals surface area contributed by atoms with Crippen molar-refractivity contribution < 1.29 is 8.42 Å². The second-order valence-electron chi connectivity index (χ2n) is 5.85. The first-order chi connectivity index (χ1) is 11.1. The lowest BCUT2D eigenvalue weighted by Crippen LogP contribution is -2.35. The van der Waals surface area contributed by atoms with Gasteiger partial charge in [0, 0.05) is 24.0 Å². The van der Waals surface area contributed by atoms with Crippen LogP contribution in [-0.4, -0.2) is 30.9 Å². The minimum atomic E-state index is -2.92. The van der Waals surface area contributed by atoms with E-state index in [2.05, 4.69) is 17.0 Å². The van der Waals surface area contributed by atoms with Crippen molar-refractivity contribution in [2.75, 3.05) is 11.5 Å². The Morgan fingerprint density at radius 1 is 1.26 bits per heavy atom. The third-order valence-corrected chi connectivity index (χ3v) is 6.72. The van der Waals surface area contributed by atoms with Crippen molar-refractivity contribution in [3.63, 3.8) is 0 Å². The first-order valence-corrected chi connectivity index (χ1v) is 10.2. The highest BCUT2D eigenvalue weighted by molar-refractivity contribution is 7.91. The van der Waals surface area contributed by atoms with Crippen molar-refractivity contribution >= 4 is 21.2 Å². The Labute approximate surface area is 140 Å². The van der Waals surface area contributed by atoms with Crippen LogP contribution in [0.3, 0.4) is 0 Å². The van der Waals surface area contributed by atoms with Gasteiger partial charge < -0.3 is 0 Å². The Balaban J connectivity index is 1.81. The third kappa shape index (κ3) is 4.20. The molecule has 0 amide bonds. The smallest absolute Gasteiger partial charge is 0.151 e. The molecule has 0 aliphatic carbocycles. The SMILES string of the molecule is N#Cc1cccc(CN(Cc2cccs2)[C@H]2CCS(=O)(=O)C2)c1. The molecule has 2 heterocycles. The minimum absolute atomic E-state index is 0.0489. The van der Waals surface area contributed by atoms with Crippen LogP contribution in [0.2, 0.25) is 0 Å². The van der Waals surface area contributed by atoms with E-state index in [0.717, 1.165) is 12.1 Å². The van der Waals surface area contributed by atoms with Crippen molar-refractivity contribution in [1.29, 1.82) is 5.26 Å². The number of nitriles is 1. The van der Waals surface area contributed by atoms with Crippen molar-refractivity contribution in [2.45, 2.75) is 25.6 Å². The van der Waals surface area contributed by atoms with E-state index in [1.54, 1.807) is 17.4 Å². The fourth-order valence-corrected chi connectivity index (χ4v) is 5.44. The van der Waals surface area contributed by atoms with Gasteiger partial charge in [0.25, 0.3) is 0 Å². The minimum Gasteiger partial charge on any atom is -0.290 e. The second-order valence-corrected chi connectivity index (χ2v) is 9.11. The Morgan fingerprint density at radius 2 is 2.13 bits per heavy atom. The molecule has 23 heavy (non-hydrogen) atoms. The van der Waals surface area contributed by atoms with Crippen LogP contribution in [0, 0.1) is 11.3 Å². The van der Waals surface area contributed by atoms with Gasteiger partial charge in [-0.3, -0.25) is 4.90 Å². The molecular formula is C17H18N2O2S2. The number of benzene rings is 1. The quantitative estimate of drug-likeness (QED) is 0.835. The van der Waals surface area contributed by atoms with E-state index in [1.165, 1.54) is 4.88 Å². The van der Waals surface area contributed by atoms with Gasteiger partial charge >= 0.3 is 0 Å². The highest BCUT2D eigenvalue weighted by Gasteiger charge is 2.32. The summed E-state index contributed by atoms with van der Waals surface area (Å²) in [5, 5.41) is 11.1. The molecule has 1 aliphatic heterocycles. The van der Waals surface area contributed by atoms with Gasteiger partial charge in [-0.2, -0.15) is 5.26 Å². The van der Waals surface area contributed by atoms with Gasteiger partial charge in [0.15, 0.2) is 9.84 Å². The molecule has 3 rings (SSSR count). The van der Waals surface area contributed by atoms with Crippen LogP contribution in [0.1, 0.15) is 22.4 Å². The lowest BCUT2D eigenvalue weighted by molar-refractivity contribution is 0.196. The summed E-state index contributed by atoms with van der Waals surface area (Å²) in [4.78, 5) is 3.46. The van der Waals surface area contributed by atoms with Crippen LogP contribution >= 0.6 is 11.3 Å². The molecule has 1 fully saturated rings. The molecule has 6 heteroatoms. The highest BCUT2D eigenvalue weighted by Crippen LogP contribution is 2.24. The monoisotopic (exact) mass is 346 g/mol. The van der Waals surface area contributed by atoms with E-state index >= 15 is 0 Å². The van der Waals surface area contributed by atoms with Gasteiger partial charge in [-0.15, -0.1) is 11.3 Å². The van der Waals surface area contributed by atoms with Crippen LogP contribution in [0.5, 0.6) is 0 Å². The largest absolute Gasteiger partial charge is 0.290 e. The molecular weight excluding hydrogens is 328 g/mol. The lowest BCUT2D eigenvalue weighted by atomic mass is 10.1. The summed E-state index contributed by atoms with van der Waals surface area (Å²) in [7, 11) is -2.92. The summed E-state index contributed by atoms with van der Waals surface area (Å²) < 4.78 is 23.7. The first kappa shape index (κ1) is 16.2. The number of sulfone groups is 1. The Kier molecular flexibility index (Phi) is 4.81. The number of thiophene rings is 1. The number of hydrogen-bond acceptors (Lipinski definition) is 5. The summed E-state index contributed by atoms with van der Waals surface area (Å²) in [5.74, 6) is 0.507. The van der Waals surface area contributed by atoms with E-state index in [9.17, 15) is 8.42 Å². The maximum absolute atomic E-state index is 11.8. The summed E-state index contributed by atoms with van der Waals surface area (Å²) in [6.07, 6.45) is 0.686. The third-order valence-electron chi connectivity index (χ3n) is 4.11. The summed E-state index contributed by atoms with van der Waals surface area (Å²) >= 11 is 1.68. The van der Waals surface area contributed by atoms with Gasteiger partial charge in [-0.05, 0) is 35.6 Å². The van der Waals surface area contributed by atoms with Crippen molar-refractivity contribution in [3.8, 4) is 6.07 Å². The fourth-order valence-electron chi connectivity index (χ4n) is 2.95. The van der Waals surface area contributed by atoms with Crippen LogP contribution in [0.4, 0.5) is 0 Å². The van der Waals surface area contributed by atoms with Crippen LogP contribution in [0.15, 0.2) is 41.8 Å². The molecule has 1 aliphatic rings. The first-order valence-electron chi connectivity index (χ1n) is 7.52. The van der Waals surface area contributed by atoms with Crippen molar-refractivity contribution in [2.24, 2.45) is 0 Å². The molecule has 0 radical (unpaired) electrons. The Hall–Kier alpha value is -1.68. The predicted octanol–water partition coefficient (Wildman–Crippen LogP) is 2.81. The lowest BCUT2D eigenvalue weighted by Gasteiger charge is -2.27. The topological polar surface area (TPSA) is 61.2 Å². The highest BCUT2D eigenvalue weighted by atomic mass is 32.2. The van der Waals surface area contributed by atoms with Gasteiger partial charge in [-0.1, -0.05) is 18.2 Å². The molecule has 0 N–H and O–H groups in total. The number of hydrogen-bond donors (Lipinski definition) is 0. The number of nitrogens with zero attached hydrogens (tertiary/aromatic N) is 2. The normalized spacial score (nSPS) is 19.7. The zero-order valence-electron chi connectivity index (χ0n) is 12.7. The van der Waals surface area contributed by atoms with Crippen molar-refractivity contribution in [1.82, 2.24) is 4.90 Å². The predicted molar refractivity (Wildman–Crippen MR) is 91.8 cm³/mol. The van der Waals surface area contributed by atoms with Crippen LogP contribution in [-0.2, 0) is 22.9 Å². The Bertz CT molecular complexity index is 807. The summed E-state index contributed by atoms with van der Waals surface area (Å²) in [6.45, 7) is 1.41. The Morgan fingerprint density at radius 3 is 2.78 bits per heavy atom. The molecule has 1 aromatic heterocycles. The average molecular weight is 346 g/mol. The molecule has 4 nitrogen and oxygen atoms in total. The summed E-state index contributed by atoms with van der Waals surface area (Å²) in [5.41, 5.74) is 1.68. The van der Waals surface area contributed by atoms with Crippen molar-refractivity contribution in [3.05, 3.63) is 57.8 Å². The zero-order valence-corrected chi connectivity index (χ0v) is 14.3. The van der Waals surface area contributed by atoms with E-state index in [0.29, 0.717) is 18.5 Å². The average Bonchev–Trinajstić information content (AvgIpc) is 3.16. The molecule has 0 unspecified atom stereocenters. The maximum Gasteiger partial charge on any atom is 0.151 e. The molecule has 2 aromatic rings. The standard InChI is InChI=1S/C17H18N2O2S2/c18-10-14-3-1-4-15(9-14)11-19(12-17-5-2-7-22-17)16-6-8-23(20,21)13-16/h1-5,7,9,16H,6,8,11-13H2/t16-/m0/s1. The fraction of sp³-hybridized carbons (Fsp3) is 0.353.